The summed E-state index contributed by atoms with van der Waals surface area (Å²) in [4.78, 5) is 54.2. The number of amides is 3. The molecule has 0 radical (unpaired) electrons. The number of nitrogens with zero attached hydrogens (tertiary/aromatic N) is 5. The van der Waals surface area contributed by atoms with Crippen LogP contribution in [-0.4, -0.2) is 69.7 Å². The van der Waals surface area contributed by atoms with Crippen molar-refractivity contribution in [3.05, 3.63) is 65.9 Å². The molecule has 0 bridgehead atoms. The van der Waals surface area contributed by atoms with Gasteiger partial charge in [0.05, 0.1) is 28.4 Å². The van der Waals surface area contributed by atoms with Gasteiger partial charge in [-0.05, 0) is 30.2 Å². The Balaban J connectivity index is 1.33. The quantitative estimate of drug-likeness (QED) is 0.548. The van der Waals surface area contributed by atoms with Gasteiger partial charge >= 0.3 is 0 Å². The zero-order chi connectivity index (χ0) is 23.8. The molecule has 3 amide bonds. The topological polar surface area (TPSA) is 86.7 Å². The van der Waals surface area contributed by atoms with Crippen LogP contribution in [0.3, 0.4) is 0 Å². The van der Waals surface area contributed by atoms with Crippen molar-refractivity contribution in [2.24, 2.45) is 5.92 Å². The van der Waals surface area contributed by atoms with Gasteiger partial charge in [-0.15, -0.1) is 0 Å². The zero-order valence-electron chi connectivity index (χ0n) is 19.3. The van der Waals surface area contributed by atoms with Crippen LogP contribution in [0, 0.1) is 5.92 Å². The lowest BCUT2D eigenvalue weighted by Gasteiger charge is -2.39. The van der Waals surface area contributed by atoms with Crippen molar-refractivity contribution in [1.29, 1.82) is 0 Å². The molecule has 1 aromatic heterocycles. The van der Waals surface area contributed by atoms with E-state index in [1.54, 1.807) is 35.4 Å². The van der Waals surface area contributed by atoms with E-state index in [-0.39, 0.29) is 23.6 Å². The smallest absolute Gasteiger partial charge is 0.262 e. The number of carbonyl (C=O) groups is 3. The van der Waals surface area contributed by atoms with E-state index in [9.17, 15) is 14.4 Å². The van der Waals surface area contributed by atoms with Crippen LogP contribution in [0.4, 0.5) is 5.82 Å². The van der Waals surface area contributed by atoms with Gasteiger partial charge in [0.15, 0.2) is 0 Å². The van der Waals surface area contributed by atoms with Crippen molar-refractivity contribution in [3.63, 3.8) is 0 Å². The van der Waals surface area contributed by atoms with Crippen LogP contribution in [0.5, 0.6) is 0 Å². The summed E-state index contributed by atoms with van der Waals surface area (Å²) in [6, 6.07) is 13.7. The lowest BCUT2D eigenvalue weighted by molar-refractivity contribution is -0.137. The predicted octanol–water partition coefficient (Wildman–Crippen LogP) is 2.99. The molecule has 34 heavy (non-hydrogen) atoms. The van der Waals surface area contributed by atoms with Crippen LogP contribution in [0.25, 0.3) is 11.0 Å². The van der Waals surface area contributed by atoms with Crippen LogP contribution < -0.4 is 4.90 Å². The molecule has 1 fully saturated rings. The fourth-order valence-corrected chi connectivity index (χ4v) is 4.73. The second kappa shape index (κ2) is 8.85. The average Bonchev–Trinajstić information content (AvgIpc) is 3.14. The van der Waals surface area contributed by atoms with Crippen molar-refractivity contribution in [1.82, 2.24) is 19.8 Å². The number of para-hydroxylation sites is 2. The summed E-state index contributed by atoms with van der Waals surface area (Å²) in [6.45, 7) is 6.08. The van der Waals surface area contributed by atoms with Crippen LogP contribution in [0.15, 0.2) is 54.7 Å². The largest absolute Gasteiger partial charge is 0.352 e. The number of benzene rings is 2. The summed E-state index contributed by atoms with van der Waals surface area (Å²) >= 11 is 0. The van der Waals surface area contributed by atoms with Crippen molar-refractivity contribution in [2.75, 3.05) is 31.1 Å². The van der Waals surface area contributed by atoms with Gasteiger partial charge in [-0.3, -0.25) is 24.3 Å². The molecule has 2 aromatic carbocycles. The number of anilines is 1. The molecule has 0 spiro atoms. The maximum atomic E-state index is 13.7. The maximum absolute atomic E-state index is 13.7. The zero-order valence-corrected chi connectivity index (χ0v) is 19.3. The molecule has 8 heteroatoms. The van der Waals surface area contributed by atoms with E-state index in [1.165, 1.54) is 4.90 Å². The minimum absolute atomic E-state index is 0.154. The number of rotatable bonds is 5. The van der Waals surface area contributed by atoms with Crippen LogP contribution in [0.1, 0.15) is 41.0 Å². The highest BCUT2D eigenvalue weighted by molar-refractivity contribution is 6.22. The van der Waals surface area contributed by atoms with Crippen molar-refractivity contribution < 1.29 is 14.4 Å². The fourth-order valence-electron chi connectivity index (χ4n) is 4.73. The summed E-state index contributed by atoms with van der Waals surface area (Å²) in [5.41, 5.74) is 2.42. The molecule has 0 aliphatic carbocycles. The van der Waals surface area contributed by atoms with Gasteiger partial charge in [0.25, 0.3) is 11.8 Å². The van der Waals surface area contributed by atoms with Crippen molar-refractivity contribution in [2.45, 2.75) is 26.3 Å². The van der Waals surface area contributed by atoms with Crippen LogP contribution >= 0.6 is 0 Å². The predicted molar refractivity (Wildman–Crippen MR) is 129 cm³/mol. The van der Waals surface area contributed by atoms with Crippen LogP contribution in [-0.2, 0) is 4.79 Å². The number of fused-ring (bicyclic) bond motifs is 2. The normalized spacial score (nSPS) is 17.8. The molecule has 3 aromatic rings. The highest BCUT2D eigenvalue weighted by Gasteiger charge is 2.46. The number of aromatic nitrogens is 2. The lowest BCUT2D eigenvalue weighted by Crippen LogP contribution is -2.58. The molecule has 2 aliphatic rings. The van der Waals surface area contributed by atoms with E-state index in [0.29, 0.717) is 43.7 Å². The molecule has 174 valence electrons. The first-order valence-corrected chi connectivity index (χ1v) is 11.7. The summed E-state index contributed by atoms with van der Waals surface area (Å²) in [5.74, 6) is -0.314. The Morgan fingerprint density at radius 1 is 0.912 bits per heavy atom. The van der Waals surface area contributed by atoms with E-state index < -0.39 is 6.04 Å². The van der Waals surface area contributed by atoms with Gasteiger partial charge in [-0.2, -0.15) is 0 Å². The van der Waals surface area contributed by atoms with Gasteiger partial charge in [0, 0.05) is 26.2 Å². The molecule has 5 rings (SSSR count). The fraction of sp³-hybridized carbons (Fsp3) is 0.346. The highest BCUT2D eigenvalue weighted by atomic mass is 16.2. The number of hydrogen-bond donors (Lipinski definition) is 0. The molecule has 0 N–H and O–H groups in total. The first kappa shape index (κ1) is 22.0. The number of carbonyl (C=O) groups excluding carboxylic acids is 3. The third-order valence-corrected chi connectivity index (χ3v) is 6.89. The minimum Gasteiger partial charge on any atom is -0.352 e. The lowest BCUT2D eigenvalue weighted by atomic mass is 9.95. The molecule has 3 heterocycles. The van der Waals surface area contributed by atoms with E-state index in [4.69, 9.17) is 4.98 Å². The summed E-state index contributed by atoms with van der Waals surface area (Å²) in [7, 11) is 0. The first-order valence-electron chi connectivity index (χ1n) is 11.7. The van der Waals surface area contributed by atoms with Gasteiger partial charge in [-0.1, -0.05) is 44.5 Å². The van der Waals surface area contributed by atoms with E-state index in [0.717, 1.165) is 16.9 Å². The molecular formula is C26H27N5O3. The molecule has 0 saturated carbocycles. The maximum Gasteiger partial charge on any atom is 0.262 e. The highest BCUT2D eigenvalue weighted by Crippen LogP contribution is 2.29. The second-order valence-electron chi connectivity index (χ2n) is 8.89. The first-order chi connectivity index (χ1) is 16.5. The van der Waals surface area contributed by atoms with Gasteiger partial charge in [-0.25, -0.2) is 4.98 Å². The van der Waals surface area contributed by atoms with E-state index in [2.05, 4.69) is 9.88 Å². The molecular weight excluding hydrogens is 430 g/mol. The standard InChI is InChI=1S/C26H27N5O3/c1-3-17(2)23(31-24(32)18-8-4-5-9-19(18)25(31)33)26(34)30-14-12-29(13-15-30)22-16-27-20-10-6-7-11-21(20)28-22/h4-11,16-17,23H,3,12-15H2,1-2H3. The number of imide groups is 1. The minimum atomic E-state index is -0.815. The van der Waals surface area contributed by atoms with Gasteiger partial charge in [0.2, 0.25) is 5.91 Å². The van der Waals surface area contributed by atoms with Crippen molar-refractivity contribution in [3.8, 4) is 0 Å². The monoisotopic (exact) mass is 457 g/mol. The van der Waals surface area contributed by atoms with E-state index >= 15 is 0 Å². The molecule has 8 nitrogen and oxygen atoms in total. The Morgan fingerprint density at radius 3 is 2.12 bits per heavy atom. The average molecular weight is 458 g/mol. The summed E-state index contributed by atoms with van der Waals surface area (Å²) in [5, 5.41) is 0. The third-order valence-electron chi connectivity index (χ3n) is 6.89. The van der Waals surface area contributed by atoms with E-state index in [1.807, 2.05) is 38.1 Å². The number of piperazine rings is 1. The Labute approximate surface area is 198 Å². The summed E-state index contributed by atoms with van der Waals surface area (Å²) in [6.07, 6.45) is 2.44. The second-order valence-corrected chi connectivity index (χ2v) is 8.89. The molecule has 1 saturated heterocycles. The third kappa shape index (κ3) is 3.69. The van der Waals surface area contributed by atoms with Crippen LogP contribution in [0.2, 0.25) is 0 Å². The Kier molecular flexibility index (Phi) is 5.73. The van der Waals surface area contributed by atoms with Crippen molar-refractivity contribution >= 4 is 34.6 Å². The SMILES string of the molecule is CCC(C)C(C(=O)N1CCN(c2cnc3ccccc3n2)CC1)N1C(=O)c2ccccc2C1=O. The van der Waals surface area contributed by atoms with Gasteiger partial charge in [0.1, 0.15) is 11.9 Å². The number of hydrogen-bond acceptors (Lipinski definition) is 6. The molecule has 2 atom stereocenters. The Bertz CT molecular complexity index is 1230. The molecule has 2 unspecified atom stereocenters. The Morgan fingerprint density at radius 2 is 1.50 bits per heavy atom. The Hall–Kier alpha value is -3.81. The van der Waals surface area contributed by atoms with Gasteiger partial charge < -0.3 is 9.80 Å². The molecule has 2 aliphatic heterocycles. The summed E-state index contributed by atoms with van der Waals surface area (Å²) < 4.78 is 0.